The van der Waals surface area contributed by atoms with Gasteiger partial charge in [-0.2, -0.15) is 5.26 Å². The third-order valence-electron chi connectivity index (χ3n) is 2.18. The minimum Gasteiger partial charge on any atom is -0.318 e. The second kappa shape index (κ2) is 4.06. The Bertz CT molecular complexity index is 267. The summed E-state index contributed by atoms with van der Waals surface area (Å²) in [6.07, 6.45) is 3.59. The third-order valence-corrected chi connectivity index (χ3v) is 2.18. The van der Waals surface area contributed by atoms with Crippen molar-refractivity contribution in [3.05, 3.63) is 12.2 Å². The SMILES string of the molecule is CNC(C)C(=O)N1CC=CC1C#N. The Balaban J connectivity index is 2.64. The molecule has 0 aromatic carbocycles. The lowest BCUT2D eigenvalue weighted by Crippen LogP contribution is -2.45. The summed E-state index contributed by atoms with van der Waals surface area (Å²) in [5.74, 6) is -0.0287. The Morgan fingerprint density at radius 3 is 3.08 bits per heavy atom. The van der Waals surface area contributed by atoms with Gasteiger partial charge in [0.2, 0.25) is 5.91 Å². The first-order valence-corrected chi connectivity index (χ1v) is 4.24. The quantitative estimate of drug-likeness (QED) is 0.601. The van der Waals surface area contributed by atoms with Gasteiger partial charge < -0.3 is 10.2 Å². The monoisotopic (exact) mass is 179 g/mol. The van der Waals surface area contributed by atoms with Gasteiger partial charge in [-0.1, -0.05) is 6.08 Å². The molecule has 1 aliphatic rings. The number of hydrogen-bond acceptors (Lipinski definition) is 3. The second-order valence-corrected chi connectivity index (χ2v) is 3.00. The fourth-order valence-electron chi connectivity index (χ4n) is 1.23. The molecule has 0 spiro atoms. The van der Waals surface area contributed by atoms with Crippen LogP contribution < -0.4 is 5.32 Å². The minimum atomic E-state index is -0.386. The maximum atomic E-state index is 11.6. The highest BCUT2D eigenvalue weighted by Gasteiger charge is 2.26. The number of carbonyl (C=O) groups excluding carboxylic acids is 1. The lowest BCUT2D eigenvalue weighted by molar-refractivity contribution is -0.132. The van der Waals surface area contributed by atoms with Crippen molar-refractivity contribution in [3.63, 3.8) is 0 Å². The minimum absolute atomic E-state index is 0.0287. The van der Waals surface area contributed by atoms with Crippen molar-refractivity contribution in [1.29, 1.82) is 5.26 Å². The van der Waals surface area contributed by atoms with E-state index in [0.29, 0.717) is 6.54 Å². The molecule has 0 saturated heterocycles. The van der Waals surface area contributed by atoms with Gasteiger partial charge in [0.15, 0.2) is 0 Å². The summed E-state index contributed by atoms with van der Waals surface area (Å²) in [5, 5.41) is 11.6. The van der Waals surface area contributed by atoms with Crippen LogP contribution in [-0.2, 0) is 4.79 Å². The first-order valence-electron chi connectivity index (χ1n) is 4.24. The van der Waals surface area contributed by atoms with E-state index in [1.165, 1.54) is 0 Å². The Kier molecular flexibility index (Phi) is 3.04. The molecule has 4 nitrogen and oxygen atoms in total. The summed E-state index contributed by atoms with van der Waals surface area (Å²) in [7, 11) is 1.73. The first kappa shape index (κ1) is 9.75. The van der Waals surface area contributed by atoms with Crippen molar-refractivity contribution in [3.8, 4) is 6.07 Å². The summed E-state index contributed by atoms with van der Waals surface area (Å²) in [6, 6.07) is 1.45. The number of nitriles is 1. The van der Waals surface area contributed by atoms with Gasteiger partial charge >= 0.3 is 0 Å². The molecule has 70 valence electrons. The number of rotatable bonds is 2. The molecule has 1 aliphatic heterocycles. The molecule has 2 atom stereocenters. The van der Waals surface area contributed by atoms with E-state index < -0.39 is 0 Å². The van der Waals surface area contributed by atoms with E-state index >= 15 is 0 Å². The summed E-state index contributed by atoms with van der Waals surface area (Å²) >= 11 is 0. The molecule has 1 heterocycles. The molecule has 0 bridgehead atoms. The zero-order chi connectivity index (χ0) is 9.84. The number of likely N-dealkylation sites (N-methyl/N-ethyl adjacent to an activating group) is 1. The zero-order valence-electron chi connectivity index (χ0n) is 7.82. The van der Waals surface area contributed by atoms with Crippen molar-refractivity contribution in [2.24, 2.45) is 0 Å². The third kappa shape index (κ3) is 1.87. The van der Waals surface area contributed by atoms with Gasteiger partial charge in [-0.3, -0.25) is 4.79 Å². The van der Waals surface area contributed by atoms with Crippen molar-refractivity contribution in [2.75, 3.05) is 13.6 Å². The molecule has 13 heavy (non-hydrogen) atoms. The van der Waals surface area contributed by atoms with E-state index in [2.05, 4.69) is 11.4 Å². The van der Waals surface area contributed by atoms with Gasteiger partial charge in [0.25, 0.3) is 0 Å². The van der Waals surface area contributed by atoms with Crippen molar-refractivity contribution >= 4 is 5.91 Å². The predicted molar refractivity (Wildman–Crippen MR) is 48.8 cm³/mol. The number of hydrogen-bond donors (Lipinski definition) is 1. The topological polar surface area (TPSA) is 56.1 Å². The average Bonchev–Trinajstić information content (AvgIpc) is 2.62. The molecule has 0 fully saturated rings. The summed E-state index contributed by atoms with van der Waals surface area (Å²) in [6.45, 7) is 2.33. The Labute approximate surface area is 77.8 Å². The van der Waals surface area contributed by atoms with E-state index in [4.69, 9.17) is 5.26 Å². The van der Waals surface area contributed by atoms with Gasteiger partial charge in [-0.15, -0.1) is 0 Å². The standard InChI is InChI=1S/C9H13N3O/c1-7(11-2)9(13)12-5-3-4-8(12)6-10/h3-4,7-8,11H,5H2,1-2H3. The molecule has 0 aromatic heterocycles. The number of nitrogens with one attached hydrogen (secondary N) is 1. The molecule has 0 radical (unpaired) electrons. The molecule has 0 aliphatic carbocycles. The van der Waals surface area contributed by atoms with Crippen molar-refractivity contribution in [2.45, 2.75) is 19.0 Å². The van der Waals surface area contributed by atoms with Crippen LogP contribution in [0.5, 0.6) is 0 Å². The smallest absolute Gasteiger partial charge is 0.241 e. The van der Waals surface area contributed by atoms with E-state index in [1.807, 2.05) is 6.08 Å². The lowest BCUT2D eigenvalue weighted by Gasteiger charge is -2.22. The molecule has 2 unspecified atom stereocenters. The van der Waals surface area contributed by atoms with Crippen molar-refractivity contribution < 1.29 is 4.79 Å². The fourth-order valence-corrected chi connectivity index (χ4v) is 1.23. The highest BCUT2D eigenvalue weighted by atomic mass is 16.2. The van der Waals surface area contributed by atoms with Crippen LogP contribution in [0.2, 0.25) is 0 Å². The highest BCUT2D eigenvalue weighted by Crippen LogP contribution is 2.10. The molecule has 1 amide bonds. The summed E-state index contributed by atoms with van der Waals surface area (Å²) in [4.78, 5) is 13.2. The molecule has 4 heteroatoms. The van der Waals surface area contributed by atoms with E-state index in [1.54, 1.807) is 24.9 Å². The summed E-state index contributed by atoms with van der Waals surface area (Å²) in [5.41, 5.74) is 0. The Morgan fingerprint density at radius 2 is 2.54 bits per heavy atom. The maximum Gasteiger partial charge on any atom is 0.241 e. The fraction of sp³-hybridized carbons (Fsp3) is 0.556. The van der Waals surface area contributed by atoms with Crippen LogP contribution in [0.25, 0.3) is 0 Å². The predicted octanol–water partition coefficient (Wildman–Crippen LogP) is -0.115. The van der Waals surface area contributed by atoms with Gasteiger partial charge in [0.05, 0.1) is 12.1 Å². The van der Waals surface area contributed by atoms with Crippen LogP contribution in [0.15, 0.2) is 12.2 Å². The van der Waals surface area contributed by atoms with Gasteiger partial charge in [-0.25, -0.2) is 0 Å². The van der Waals surface area contributed by atoms with E-state index in [0.717, 1.165) is 0 Å². The molecule has 1 N–H and O–H groups in total. The van der Waals surface area contributed by atoms with Gasteiger partial charge in [0, 0.05) is 6.54 Å². The van der Waals surface area contributed by atoms with Crippen LogP contribution in [0.1, 0.15) is 6.92 Å². The van der Waals surface area contributed by atoms with Crippen LogP contribution in [0.3, 0.4) is 0 Å². The van der Waals surface area contributed by atoms with E-state index in [-0.39, 0.29) is 18.0 Å². The normalized spacial score (nSPS) is 22.8. The van der Waals surface area contributed by atoms with Crippen LogP contribution in [0, 0.1) is 11.3 Å². The maximum absolute atomic E-state index is 11.6. The Morgan fingerprint density at radius 1 is 1.85 bits per heavy atom. The molecule has 1 rings (SSSR count). The molecule has 0 saturated carbocycles. The van der Waals surface area contributed by atoms with Crippen LogP contribution in [-0.4, -0.2) is 36.5 Å². The average molecular weight is 179 g/mol. The van der Waals surface area contributed by atoms with Crippen LogP contribution in [0.4, 0.5) is 0 Å². The molecular weight excluding hydrogens is 166 g/mol. The molecule has 0 aromatic rings. The second-order valence-electron chi connectivity index (χ2n) is 3.00. The zero-order valence-corrected chi connectivity index (χ0v) is 7.82. The van der Waals surface area contributed by atoms with Crippen LogP contribution >= 0.6 is 0 Å². The van der Waals surface area contributed by atoms with Crippen molar-refractivity contribution in [1.82, 2.24) is 10.2 Å². The van der Waals surface area contributed by atoms with Gasteiger partial charge in [0.1, 0.15) is 6.04 Å². The largest absolute Gasteiger partial charge is 0.318 e. The lowest BCUT2D eigenvalue weighted by atomic mass is 10.2. The Hall–Kier alpha value is -1.34. The number of amides is 1. The first-order chi connectivity index (χ1) is 6.20. The highest BCUT2D eigenvalue weighted by molar-refractivity contribution is 5.82. The number of nitrogens with zero attached hydrogens (tertiary/aromatic N) is 2. The number of carbonyl (C=O) groups is 1. The van der Waals surface area contributed by atoms with Gasteiger partial charge in [-0.05, 0) is 20.0 Å². The summed E-state index contributed by atoms with van der Waals surface area (Å²) < 4.78 is 0. The molecular formula is C9H13N3O. The van der Waals surface area contributed by atoms with E-state index in [9.17, 15) is 4.79 Å².